The van der Waals surface area contributed by atoms with Crippen LogP contribution in [0.4, 0.5) is 11.4 Å². The minimum atomic E-state index is -0.747. The van der Waals surface area contributed by atoms with E-state index < -0.39 is 23.4 Å². The number of nitrogens with zero attached hydrogens (tertiary/aromatic N) is 3. The third-order valence-electron chi connectivity index (χ3n) is 4.76. The zero-order chi connectivity index (χ0) is 24.1. The van der Waals surface area contributed by atoms with Gasteiger partial charge in [-0.05, 0) is 24.3 Å². The number of carbonyl (C=O) groups is 2. The maximum atomic E-state index is 12.9. The Morgan fingerprint density at radius 3 is 2.32 bits per heavy atom. The molecule has 0 atom stereocenters. The highest BCUT2D eigenvalue weighted by atomic mass is 35.5. The summed E-state index contributed by atoms with van der Waals surface area (Å²) in [6.07, 6.45) is 0. The Labute approximate surface area is 198 Å². The largest absolute Gasteiger partial charge is 0.451 e. The van der Waals surface area contributed by atoms with Crippen LogP contribution in [0.2, 0.25) is 5.02 Å². The van der Waals surface area contributed by atoms with E-state index in [2.05, 4.69) is 10.4 Å². The number of para-hydroxylation sites is 1. The Hall–Kier alpha value is -4.50. The zero-order valence-corrected chi connectivity index (χ0v) is 18.3. The molecule has 1 N–H and O–H groups in total. The average Bonchev–Trinajstić information content (AvgIpc) is 3.30. The molecule has 1 amide bonds. The molecule has 0 bridgehead atoms. The maximum absolute atomic E-state index is 12.9. The van der Waals surface area contributed by atoms with Gasteiger partial charge in [0, 0.05) is 17.7 Å². The first-order valence-electron chi connectivity index (χ1n) is 10.0. The number of hydrogen-bond acceptors (Lipinski definition) is 6. The summed E-state index contributed by atoms with van der Waals surface area (Å²) in [5.41, 5.74) is 2.13. The summed E-state index contributed by atoms with van der Waals surface area (Å²) in [5.74, 6) is -1.40. The fourth-order valence-corrected chi connectivity index (χ4v) is 3.37. The number of nitro benzene ring substituents is 1. The van der Waals surface area contributed by atoms with Crippen LogP contribution in [0.5, 0.6) is 0 Å². The number of non-ortho nitro benzene ring substituents is 1. The van der Waals surface area contributed by atoms with E-state index in [0.29, 0.717) is 11.4 Å². The number of benzene rings is 3. The lowest BCUT2D eigenvalue weighted by atomic mass is 10.1. The summed E-state index contributed by atoms with van der Waals surface area (Å²) in [4.78, 5) is 35.4. The molecule has 1 aromatic heterocycles. The lowest BCUT2D eigenvalue weighted by molar-refractivity contribution is -0.384. The molecule has 0 aliphatic rings. The summed E-state index contributed by atoms with van der Waals surface area (Å²) in [6.45, 7) is -0.590. The first-order valence-corrected chi connectivity index (χ1v) is 10.4. The van der Waals surface area contributed by atoms with Crippen molar-refractivity contribution in [2.24, 2.45) is 0 Å². The Morgan fingerprint density at radius 2 is 1.68 bits per heavy atom. The fourth-order valence-electron chi connectivity index (χ4n) is 3.15. The molecule has 0 saturated carbocycles. The molecule has 9 nitrogen and oxygen atoms in total. The molecule has 170 valence electrons. The third-order valence-corrected chi connectivity index (χ3v) is 5.07. The second kappa shape index (κ2) is 9.97. The van der Waals surface area contributed by atoms with E-state index in [4.69, 9.17) is 16.3 Å². The van der Waals surface area contributed by atoms with Crippen molar-refractivity contribution in [3.05, 3.63) is 106 Å². The number of anilines is 1. The van der Waals surface area contributed by atoms with Crippen LogP contribution < -0.4 is 5.32 Å². The van der Waals surface area contributed by atoms with Crippen molar-refractivity contribution >= 4 is 34.9 Å². The number of nitrogens with one attached hydrogen (secondary N) is 1. The Kier molecular flexibility index (Phi) is 6.65. The normalized spacial score (nSPS) is 10.5. The topological polar surface area (TPSA) is 116 Å². The van der Waals surface area contributed by atoms with E-state index >= 15 is 0 Å². The number of carbonyl (C=O) groups excluding carboxylic acids is 2. The van der Waals surface area contributed by atoms with E-state index in [1.807, 2.05) is 48.5 Å². The van der Waals surface area contributed by atoms with Gasteiger partial charge >= 0.3 is 5.97 Å². The predicted molar refractivity (Wildman–Crippen MR) is 126 cm³/mol. The molecule has 3 aromatic carbocycles. The smallest absolute Gasteiger partial charge is 0.357 e. The average molecular weight is 477 g/mol. The van der Waals surface area contributed by atoms with Crippen LogP contribution in [0.3, 0.4) is 0 Å². The monoisotopic (exact) mass is 476 g/mol. The lowest BCUT2D eigenvalue weighted by Crippen LogP contribution is -2.22. The van der Waals surface area contributed by atoms with Crippen LogP contribution in [-0.2, 0) is 9.53 Å². The van der Waals surface area contributed by atoms with Crippen LogP contribution in [0, 0.1) is 10.1 Å². The van der Waals surface area contributed by atoms with Gasteiger partial charge < -0.3 is 10.1 Å². The van der Waals surface area contributed by atoms with Crippen LogP contribution in [0.1, 0.15) is 10.5 Å². The molecule has 0 saturated heterocycles. The van der Waals surface area contributed by atoms with E-state index in [-0.39, 0.29) is 22.1 Å². The molecule has 0 radical (unpaired) electrons. The minimum Gasteiger partial charge on any atom is -0.451 e. The Morgan fingerprint density at radius 1 is 1.00 bits per heavy atom. The molecule has 0 aliphatic carbocycles. The molecule has 0 unspecified atom stereocenters. The van der Waals surface area contributed by atoms with Gasteiger partial charge in [0.25, 0.3) is 11.6 Å². The number of aromatic nitrogens is 2. The summed E-state index contributed by atoms with van der Waals surface area (Å²) in [6, 6.07) is 23.6. The minimum absolute atomic E-state index is 0.0106. The van der Waals surface area contributed by atoms with Gasteiger partial charge in [-0.2, -0.15) is 5.10 Å². The molecular formula is C24H17ClN4O5. The predicted octanol–water partition coefficient (Wildman–Crippen LogP) is 4.90. The highest BCUT2D eigenvalue weighted by Gasteiger charge is 2.20. The van der Waals surface area contributed by atoms with E-state index in [1.54, 1.807) is 18.2 Å². The summed E-state index contributed by atoms with van der Waals surface area (Å²) in [7, 11) is 0. The highest BCUT2D eigenvalue weighted by molar-refractivity contribution is 6.34. The second-order valence-electron chi connectivity index (χ2n) is 7.07. The van der Waals surface area contributed by atoms with Gasteiger partial charge in [-0.3, -0.25) is 14.9 Å². The van der Waals surface area contributed by atoms with Crippen LogP contribution in [0.25, 0.3) is 16.9 Å². The number of rotatable bonds is 7. The Bertz CT molecular complexity index is 1360. The third kappa shape index (κ3) is 5.11. The van der Waals surface area contributed by atoms with Gasteiger partial charge in [-0.15, -0.1) is 0 Å². The van der Waals surface area contributed by atoms with Gasteiger partial charge in [-0.25, -0.2) is 9.48 Å². The molecule has 4 rings (SSSR count). The van der Waals surface area contributed by atoms with Gasteiger partial charge in [0.1, 0.15) is 0 Å². The quantitative estimate of drug-likeness (QED) is 0.230. The molecule has 1 heterocycles. The zero-order valence-electron chi connectivity index (χ0n) is 17.6. The number of nitro groups is 1. The molecule has 10 heteroatoms. The van der Waals surface area contributed by atoms with Gasteiger partial charge in [0.15, 0.2) is 12.3 Å². The number of esters is 1. The molecule has 4 aromatic rings. The first kappa shape index (κ1) is 22.7. The lowest BCUT2D eigenvalue weighted by Gasteiger charge is -2.09. The molecule has 0 spiro atoms. The number of halogens is 1. The van der Waals surface area contributed by atoms with Crippen molar-refractivity contribution < 1.29 is 19.2 Å². The van der Waals surface area contributed by atoms with E-state index in [0.717, 1.165) is 11.6 Å². The number of ether oxygens (including phenoxy) is 1. The van der Waals surface area contributed by atoms with E-state index in [1.165, 1.54) is 16.8 Å². The van der Waals surface area contributed by atoms with Crippen molar-refractivity contribution in [1.29, 1.82) is 0 Å². The van der Waals surface area contributed by atoms with Gasteiger partial charge in [0.2, 0.25) is 0 Å². The molecular weight excluding hydrogens is 460 g/mol. The molecule has 0 aliphatic heterocycles. The summed E-state index contributed by atoms with van der Waals surface area (Å²) < 4.78 is 6.67. The molecule has 34 heavy (non-hydrogen) atoms. The van der Waals surface area contributed by atoms with Crippen molar-refractivity contribution in [3.8, 4) is 16.9 Å². The standard InChI is InChI=1S/C24H17ClN4O5/c25-19-13-18(29(32)33)11-12-20(19)26-23(30)15-34-24(31)22-14-21(16-7-3-1-4-8-16)27-28(22)17-9-5-2-6-10-17/h1-14H,15H2,(H,26,30). The Balaban J connectivity index is 1.51. The van der Waals surface area contributed by atoms with Crippen LogP contribution in [-0.4, -0.2) is 33.2 Å². The van der Waals surface area contributed by atoms with Crippen LogP contribution >= 0.6 is 11.6 Å². The summed E-state index contributed by atoms with van der Waals surface area (Å²) in [5, 5.41) is 17.8. The first-order chi connectivity index (χ1) is 16.4. The second-order valence-corrected chi connectivity index (χ2v) is 7.48. The van der Waals surface area contributed by atoms with E-state index in [9.17, 15) is 19.7 Å². The molecule has 0 fully saturated rings. The van der Waals surface area contributed by atoms with Crippen molar-refractivity contribution in [2.45, 2.75) is 0 Å². The van der Waals surface area contributed by atoms with Gasteiger partial charge in [0.05, 0.1) is 27.0 Å². The van der Waals surface area contributed by atoms with Crippen molar-refractivity contribution in [2.75, 3.05) is 11.9 Å². The van der Waals surface area contributed by atoms with Crippen LogP contribution in [0.15, 0.2) is 84.9 Å². The van der Waals surface area contributed by atoms with Gasteiger partial charge in [-0.1, -0.05) is 60.1 Å². The fraction of sp³-hybridized carbons (Fsp3) is 0.0417. The SMILES string of the molecule is O=C(COC(=O)c1cc(-c2ccccc2)nn1-c1ccccc1)Nc1ccc([N+](=O)[O-])cc1Cl. The number of amides is 1. The van der Waals surface area contributed by atoms with Crippen molar-refractivity contribution in [3.63, 3.8) is 0 Å². The van der Waals surface area contributed by atoms with Crippen molar-refractivity contribution in [1.82, 2.24) is 9.78 Å². The number of hydrogen-bond donors (Lipinski definition) is 1. The highest BCUT2D eigenvalue weighted by Crippen LogP contribution is 2.27. The maximum Gasteiger partial charge on any atom is 0.357 e. The summed E-state index contributed by atoms with van der Waals surface area (Å²) >= 11 is 5.99.